The van der Waals surface area contributed by atoms with E-state index >= 15 is 0 Å². The van der Waals surface area contributed by atoms with E-state index in [1.807, 2.05) is 0 Å². The second-order valence-electron chi connectivity index (χ2n) is 7.17. The van der Waals surface area contributed by atoms with Crippen LogP contribution in [-0.4, -0.2) is 19.1 Å². The molecule has 29 heavy (non-hydrogen) atoms. The van der Waals surface area contributed by atoms with Gasteiger partial charge >= 0.3 is 6.18 Å². The minimum Gasteiger partial charge on any atom is -0.493 e. The summed E-state index contributed by atoms with van der Waals surface area (Å²) < 4.78 is 50.9. The molecule has 0 aromatic heterocycles. The third-order valence-electron chi connectivity index (χ3n) is 5.11. The fraction of sp³-hybridized carbons (Fsp3) is 0.409. The summed E-state index contributed by atoms with van der Waals surface area (Å²) >= 11 is 0. The van der Waals surface area contributed by atoms with E-state index in [-0.39, 0.29) is 6.10 Å². The number of ether oxygens (including phenoxy) is 2. The molecule has 0 heterocycles. The number of rotatable bonds is 6. The Bertz CT molecular complexity index is 861. The highest BCUT2D eigenvalue weighted by molar-refractivity contribution is 5.96. The Balaban J connectivity index is 1.75. The number of halogens is 3. The van der Waals surface area contributed by atoms with Gasteiger partial charge < -0.3 is 14.8 Å². The lowest BCUT2D eigenvalue weighted by atomic mass is 10.0. The molecule has 156 valence electrons. The molecule has 3 rings (SSSR count). The number of carbonyl (C=O) groups is 1. The van der Waals surface area contributed by atoms with Crippen molar-refractivity contribution in [3.63, 3.8) is 0 Å². The van der Waals surface area contributed by atoms with Gasteiger partial charge in [0.25, 0.3) is 5.91 Å². The molecule has 0 aliphatic heterocycles. The zero-order valence-corrected chi connectivity index (χ0v) is 16.4. The van der Waals surface area contributed by atoms with E-state index in [4.69, 9.17) is 9.47 Å². The first kappa shape index (κ1) is 21.0. The third-order valence-corrected chi connectivity index (χ3v) is 5.11. The lowest BCUT2D eigenvalue weighted by Crippen LogP contribution is -2.28. The van der Waals surface area contributed by atoms with E-state index in [0.29, 0.717) is 17.1 Å². The zero-order valence-electron chi connectivity index (χ0n) is 16.4. The van der Waals surface area contributed by atoms with Gasteiger partial charge in [-0.3, -0.25) is 4.79 Å². The van der Waals surface area contributed by atoms with Crippen molar-refractivity contribution in [2.24, 2.45) is 0 Å². The van der Waals surface area contributed by atoms with Crippen molar-refractivity contribution in [3.05, 3.63) is 59.2 Å². The predicted octanol–water partition coefficient (Wildman–Crippen LogP) is 5.53. The highest BCUT2D eigenvalue weighted by atomic mass is 19.4. The van der Waals surface area contributed by atoms with E-state index in [1.165, 1.54) is 25.3 Å². The van der Waals surface area contributed by atoms with Gasteiger partial charge in [0.1, 0.15) is 0 Å². The maximum atomic E-state index is 13.2. The molecular weight excluding hydrogens is 383 g/mol. The van der Waals surface area contributed by atoms with Gasteiger partial charge in [-0.25, -0.2) is 0 Å². The smallest absolute Gasteiger partial charge is 0.417 e. The number of hydrogen-bond acceptors (Lipinski definition) is 3. The topological polar surface area (TPSA) is 47.6 Å². The van der Waals surface area contributed by atoms with Crippen LogP contribution in [0, 0.1) is 0 Å². The van der Waals surface area contributed by atoms with E-state index in [0.717, 1.165) is 31.7 Å². The molecular formula is C22H24F3NO3. The Hall–Kier alpha value is -2.70. The highest BCUT2D eigenvalue weighted by Crippen LogP contribution is 2.34. The van der Waals surface area contributed by atoms with E-state index in [9.17, 15) is 18.0 Å². The Labute approximate surface area is 168 Å². The predicted molar refractivity (Wildman–Crippen MR) is 103 cm³/mol. The van der Waals surface area contributed by atoms with Crippen LogP contribution in [0.2, 0.25) is 0 Å². The number of hydrogen-bond donors (Lipinski definition) is 1. The average Bonchev–Trinajstić information content (AvgIpc) is 3.20. The molecule has 0 bridgehead atoms. The second-order valence-corrected chi connectivity index (χ2v) is 7.17. The van der Waals surface area contributed by atoms with E-state index in [2.05, 4.69) is 5.32 Å². The molecule has 1 amide bonds. The lowest BCUT2D eigenvalue weighted by molar-refractivity contribution is -0.137. The summed E-state index contributed by atoms with van der Waals surface area (Å²) in [5.41, 5.74) is -0.652. The van der Waals surface area contributed by atoms with Crippen LogP contribution in [0.15, 0.2) is 42.5 Å². The molecule has 2 aromatic rings. The van der Waals surface area contributed by atoms with Gasteiger partial charge in [0, 0.05) is 0 Å². The first-order valence-electron chi connectivity index (χ1n) is 9.61. The van der Waals surface area contributed by atoms with Gasteiger partial charge in [-0.1, -0.05) is 18.2 Å². The molecule has 1 saturated carbocycles. The van der Waals surface area contributed by atoms with E-state index < -0.39 is 29.3 Å². The van der Waals surface area contributed by atoms with Gasteiger partial charge in [0.2, 0.25) is 0 Å². The fourth-order valence-corrected chi connectivity index (χ4v) is 3.52. The summed E-state index contributed by atoms with van der Waals surface area (Å²) in [6.07, 6.45) is -0.113. The number of methoxy groups -OCH3 is 1. The first-order valence-corrected chi connectivity index (χ1v) is 9.61. The van der Waals surface area contributed by atoms with Crippen molar-refractivity contribution in [1.82, 2.24) is 5.32 Å². The summed E-state index contributed by atoms with van der Waals surface area (Å²) in [7, 11) is 1.53. The minimum atomic E-state index is -4.60. The third kappa shape index (κ3) is 5.02. The Kier molecular flexibility index (Phi) is 6.35. The van der Waals surface area contributed by atoms with Gasteiger partial charge in [0.15, 0.2) is 11.5 Å². The Morgan fingerprint density at radius 1 is 1.10 bits per heavy atom. The normalized spacial score (nSPS) is 15.8. The molecule has 0 radical (unpaired) electrons. The Morgan fingerprint density at radius 3 is 2.45 bits per heavy atom. The molecule has 1 atom stereocenters. The number of benzene rings is 2. The number of carbonyl (C=O) groups excluding carboxylic acids is 1. The standard InChI is InChI=1S/C22H24F3NO3/c1-14(26-21(27)17-9-5-6-10-18(17)22(23,24)25)15-11-12-19(20(13-15)28-2)29-16-7-3-4-8-16/h5-6,9-14,16H,3-4,7-8H2,1-2H3,(H,26,27)/t14-/m1/s1. The molecule has 1 fully saturated rings. The largest absolute Gasteiger partial charge is 0.493 e. The summed E-state index contributed by atoms with van der Waals surface area (Å²) in [6, 6.07) is 9.53. The molecule has 0 unspecified atom stereocenters. The maximum Gasteiger partial charge on any atom is 0.417 e. The number of nitrogens with one attached hydrogen (secondary N) is 1. The molecule has 1 N–H and O–H groups in total. The quantitative estimate of drug-likeness (QED) is 0.685. The van der Waals surface area contributed by atoms with Crippen LogP contribution in [0.1, 0.15) is 60.1 Å². The van der Waals surface area contributed by atoms with Crippen molar-refractivity contribution < 1.29 is 27.4 Å². The maximum absolute atomic E-state index is 13.2. The molecule has 7 heteroatoms. The van der Waals surface area contributed by atoms with Crippen LogP contribution < -0.4 is 14.8 Å². The van der Waals surface area contributed by atoms with Crippen molar-refractivity contribution in [1.29, 1.82) is 0 Å². The van der Waals surface area contributed by atoms with Crippen molar-refractivity contribution in [2.45, 2.75) is 50.9 Å². The molecule has 1 aliphatic rings. The molecule has 2 aromatic carbocycles. The Morgan fingerprint density at radius 2 is 1.79 bits per heavy atom. The van der Waals surface area contributed by atoms with Gasteiger partial charge in [-0.15, -0.1) is 0 Å². The number of alkyl halides is 3. The second kappa shape index (κ2) is 8.76. The van der Waals surface area contributed by atoms with Crippen LogP contribution >= 0.6 is 0 Å². The van der Waals surface area contributed by atoms with E-state index in [1.54, 1.807) is 25.1 Å². The molecule has 1 aliphatic carbocycles. The zero-order chi connectivity index (χ0) is 21.0. The van der Waals surface area contributed by atoms with Gasteiger partial charge in [-0.2, -0.15) is 13.2 Å². The van der Waals surface area contributed by atoms with Crippen molar-refractivity contribution in [2.75, 3.05) is 7.11 Å². The van der Waals surface area contributed by atoms with Crippen LogP contribution in [0.3, 0.4) is 0 Å². The van der Waals surface area contributed by atoms with Crippen LogP contribution in [0.4, 0.5) is 13.2 Å². The van der Waals surface area contributed by atoms with Crippen LogP contribution in [0.25, 0.3) is 0 Å². The highest BCUT2D eigenvalue weighted by Gasteiger charge is 2.35. The van der Waals surface area contributed by atoms with Crippen LogP contribution in [0.5, 0.6) is 11.5 Å². The van der Waals surface area contributed by atoms with Crippen molar-refractivity contribution in [3.8, 4) is 11.5 Å². The molecule has 0 saturated heterocycles. The molecule has 0 spiro atoms. The monoisotopic (exact) mass is 407 g/mol. The summed E-state index contributed by atoms with van der Waals surface area (Å²) in [5, 5.41) is 2.63. The first-order chi connectivity index (χ1) is 13.8. The summed E-state index contributed by atoms with van der Waals surface area (Å²) in [5.74, 6) is 0.381. The molecule has 4 nitrogen and oxygen atoms in total. The minimum absolute atomic E-state index is 0.172. The van der Waals surface area contributed by atoms with Crippen molar-refractivity contribution >= 4 is 5.91 Å². The lowest BCUT2D eigenvalue weighted by Gasteiger charge is -2.20. The van der Waals surface area contributed by atoms with Crippen LogP contribution in [-0.2, 0) is 6.18 Å². The SMILES string of the molecule is COc1cc([C@@H](C)NC(=O)c2ccccc2C(F)(F)F)ccc1OC1CCCC1. The van der Waals surface area contributed by atoms with Gasteiger partial charge in [-0.05, 0) is 62.4 Å². The summed E-state index contributed by atoms with van der Waals surface area (Å²) in [4.78, 5) is 12.5. The summed E-state index contributed by atoms with van der Waals surface area (Å²) in [6.45, 7) is 1.71. The average molecular weight is 407 g/mol. The fourth-order valence-electron chi connectivity index (χ4n) is 3.52. The number of amides is 1. The van der Waals surface area contributed by atoms with Gasteiger partial charge in [0.05, 0.1) is 30.4 Å².